The molecule has 1 saturated carbocycles. The zero-order chi connectivity index (χ0) is 29.2. The Morgan fingerprint density at radius 3 is 2.63 bits per heavy atom. The fourth-order valence-electron chi connectivity index (χ4n) is 5.19. The second-order valence-corrected chi connectivity index (χ2v) is 13.3. The van der Waals surface area contributed by atoms with Crippen molar-refractivity contribution in [1.29, 1.82) is 0 Å². The Morgan fingerprint density at radius 2 is 1.90 bits per heavy atom. The molecule has 8 heteroatoms. The number of aromatic nitrogens is 1. The first-order chi connectivity index (χ1) is 19.5. The Bertz CT molecular complexity index is 1590. The second kappa shape index (κ2) is 12.2. The van der Waals surface area contributed by atoms with Gasteiger partial charge in [0.25, 0.3) is 0 Å². The van der Waals surface area contributed by atoms with Crippen molar-refractivity contribution in [2.24, 2.45) is 5.41 Å². The van der Waals surface area contributed by atoms with Gasteiger partial charge in [-0.15, -0.1) is 0 Å². The van der Waals surface area contributed by atoms with E-state index in [0.717, 1.165) is 53.8 Å². The Balaban J connectivity index is 1.38. The number of carbonyl (C=O) groups is 1. The smallest absolute Gasteiger partial charge is 0.303 e. The van der Waals surface area contributed by atoms with Crippen LogP contribution < -0.4 is 0 Å². The summed E-state index contributed by atoms with van der Waals surface area (Å²) in [5.41, 5.74) is 5.09. The van der Waals surface area contributed by atoms with Gasteiger partial charge in [-0.1, -0.05) is 66.2 Å². The van der Waals surface area contributed by atoms with E-state index in [2.05, 4.69) is 35.3 Å². The maximum Gasteiger partial charge on any atom is 0.303 e. The number of carboxylic acid groups (broad SMARTS) is 1. The van der Waals surface area contributed by atoms with Crippen LogP contribution in [0.2, 0.25) is 10.2 Å². The van der Waals surface area contributed by atoms with Crippen LogP contribution in [-0.2, 0) is 16.8 Å². The lowest BCUT2D eigenvalue weighted by Crippen LogP contribution is -2.18. The predicted octanol–water partition coefficient (Wildman–Crippen LogP) is 9.19. The van der Waals surface area contributed by atoms with Crippen molar-refractivity contribution >= 4 is 64.2 Å². The van der Waals surface area contributed by atoms with Gasteiger partial charge in [0.2, 0.25) is 5.22 Å². The molecule has 0 amide bonds. The largest absolute Gasteiger partial charge is 0.481 e. The Kier molecular flexibility index (Phi) is 8.86. The molecule has 2 N–H and O–H groups in total. The van der Waals surface area contributed by atoms with Crippen LogP contribution in [0.25, 0.3) is 23.3 Å². The van der Waals surface area contributed by atoms with Gasteiger partial charge in [0.1, 0.15) is 10.5 Å². The highest BCUT2D eigenvalue weighted by atomic mass is 35.5. The molecule has 214 valence electrons. The number of aryl methyl sites for hydroxylation is 1. The SMILES string of the molecule is CC(C)(O)c1ccccc1CCC(SCC1(CC(=O)O)CC1)c1cccc(C=Cc2ccc3oc(Cl)c(Cl)c3n2)c1. The lowest BCUT2D eigenvalue weighted by atomic mass is 9.90. The van der Waals surface area contributed by atoms with E-state index in [1.807, 2.05) is 62.0 Å². The number of furan rings is 1. The van der Waals surface area contributed by atoms with Gasteiger partial charge in [-0.2, -0.15) is 11.8 Å². The first-order valence-electron chi connectivity index (χ1n) is 13.7. The van der Waals surface area contributed by atoms with Crippen LogP contribution in [0, 0.1) is 5.41 Å². The molecular formula is C33H33Cl2NO4S. The minimum Gasteiger partial charge on any atom is -0.481 e. The summed E-state index contributed by atoms with van der Waals surface area (Å²) in [6, 6.07) is 20.2. The lowest BCUT2D eigenvalue weighted by Gasteiger charge is -2.24. The third kappa shape index (κ3) is 7.36. The topological polar surface area (TPSA) is 83.6 Å². The van der Waals surface area contributed by atoms with E-state index in [-0.39, 0.29) is 22.3 Å². The molecule has 5 nitrogen and oxygen atoms in total. The van der Waals surface area contributed by atoms with Crippen molar-refractivity contribution in [1.82, 2.24) is 4.98 Å². The fourth-order valence-corrected chi connectivity index (χ4v) is 7.10. The van der Waals surface area contributed by atoms with Crippen LogP contribution in [0.4, 0.5) is 0 Å². The van der Waals surface area contributed by atoms with Crippen LogP contribution in [0.15, 0.2) is 65.1 Å². The number of pyridine rings is 1. The van der Waals surface area contributed by atoms with Gasteiger partial charge in [0.05, 0.1) is 17.7 Å². The number of halogens is 2. The molecule has 4 aromatic rings. The van der Waals surface area contributed by atoms with E-state index in [1.54, 1.807) is 6.07 Å². The van der Waals surface area contributed by atoms with Crippen molar-refractivity contribution < 1.29 is 19.4 Å². The molecule has 0 bridgehead atoms. The van der Waals surface area contributed by atoms with Gasteiger partial charge >= 0.3 is 5.97 Å². The molecule has 0 spiro atoms. The van der Waals surface area contributed by atoms with Crippen molar-refractivity contribution in [3.05, 3.63) is 98.9 Å². The van der Waals surface area contributed by atoms with Crippen LogP contribution >= 0.6 is 35.0 Å². The molecule has 41 heavy (non-hydrogen) atoms. The number of nitrogens with zero attached hydrogens (tertiary/aromatic N) is 1. The van der Waals surface area contributed by atoms with Crippen molar-refractivity contribution in [2.45, 2.75) is 56.8 Å². The van der Waals surface area contributed by atoms with Gasteiger partial charge in [-0.05, 0) is 97.0 Å². The number of thioether (sulfide) groups is 1. The lowest BCUT2D eigenvalue weighted by molar-refractivity contribution is -0.138. The van der Waals surface area contributed by atoms with E-state index in [4.69, 9.17) is 27.6 Å². The second-order valence-electron chi connectivity index (χ2n) is 11.4. The van der Waals surface area contributed by atoms with Gasteiger partial charge in [0, 0.05) is 11.0 Å². The summed E-state index contributed by atoms with van der Waals surface area (Å²) in [5.74, 6) is 0.0893. The summed E-state index contributed by atoms with van der Waals surface area (Å²) in [6.07, 6.45) is 7.78. The van der Waals surface area contributed by atoms with E-state index >= 15 is 0 Å². The zero-order valence-corrected chi connectivity index (χ0v) is 25.4. The minimum absolute atomic E-state index is 0.0984. The first kappa shape index (κ1) is 29.7. The van der Waals surface area contributed by atoms with E-state index in [9.17, 15) is 15.0 Å². The number of rotatable bonds is 12. The third-order valence-corrected chi connectivity index (χ3v) is 10.0. The van der Waals surface area contributed by atoms with Crippen LogP contribution in [-0.4, -0.2) is 26.9 Å². The van der Waals surface area contributed by atoms with Gasteiger partial charge in [-0.25, -0.2) is 4.98 Å². The monoisotopic (exact) mass is 609 g/mol. The molecule has 1 aliphatic rings. The van der Waals surface area contributed by atoms with Crippen molar-refractivity contribution in [3.8, 4) is 0 Å². The Hall–Kier alpha value is -2.77. The van der Waals surface area contributed by atoms with Gasteiger partial charge < -0.3 is 14.6 Å². The molecule has 1 unspecified atom stereocenters. The summed E-state index contributed by atoms with van der Waals surface area (Å²) >= 11 is 14.1. The highest BCUT2D eigenvalue weighted by Crippen LogP contribution is 2.53. The van der Waals surface area contributed by atoms with Gasteiger partial charge in [-0.3, -0.25) is 4.79 Å². The zero-order valence-electron chi connectivity index (χ0n) is 23.1. The number of fused-ring (bicyclic) bond motifs is 1. The predicted molar refractivity (Wildman–Crippen MR) is 169 cm³/mol. The summed E-state index contributed by atoms with van der Waals surface area (Å²) in [5, 5.41) is 20.8. The number of hydrogen-bond donors (Lipinski definition) is 2. The molecular weight excluding hydrogens is 577 g/mol. The summed E-state index contributed by atoms with van der Waals surface area (Å²) in [7, 11) is 0. The Morgan fingerprint density at radius 1 is 1.12 bits per heavy atom. The number of aliphatic carboxylic acids is 1. The molecule has 0 aliphatic heterocycles. The molecule has 0 saturated heterocycles. The fraction of sp³-hybridized carbons (Fsp3) is 0.333. The quantitative estimate of drug-likeness (QED) is 0.166. The summed E-state index contributed by atoms with van der Waals surface area (Å²) in [4.78, 5) is 16.0. The molecule has 0 radical (unpaired) electrons. The number of benzene rings is 2. The number of aliphatic hydroxyl groups is 1. The number of hydrogen-bond acceptors (Lipinski definition) is 5. The molecule has 5 rings (SSSR count). The van der Waals surface area contributed by atoms with E-state index < -0.39 is 11.6 Å². The third-order valence-electron chi connectivity index (χ3n) is 7.62. The maximum absolute atomic E-state index is 11.5. The van der Waals surface area contributed by atoms with E-state index in [1.165, 1.54) is 5.56 Å². The van der Waals surface area contributed by atoms with Crippen LogP contribution in [0.3, 0.4) is 0 Å². The normalized spacial score (nSPS) is 15.4. The number of carboxylic acids is 1. The highest BCUT2D eigenvalue weighted by molar-refractivity contribution is 7.99. The van der Waals surface area contributed by atoms with Crippen molar-refractivity contribution in [3.63, 3.8) is 0 Å². The van der Waals surface area contributed by atoms with Crippen molar-refractivity contribution in [2.75, 3.05) is 5.75 Å². The molecule has 1 aliphatic carbocycles. The average Bonchev–Trinajstić information content (AvgIpc) is 3.63. The van der Waals surface area contributed by atoms with E-state index in [0.29, 0.717) is 16.1 Å². The first-order valence-corrected chi connectivity index (χ1v) is 15.5. The van der Waals surface area contributed by atoms with Crippen LogP contribution in [0.1, 0.15) is 72.7 Å². The van der Waals surface area contributed by atoms with Crippen LogP contribution in [0.5, 0.6) is 0 Å². The minimum atomic E-state index is -0.924. The summed E-state index contributed by atoms with van der Waals surface area (Å²) in [6.45, 7) is 3.64. The average molecular weight is 611 g/mol. The summed E-state index contributed by atoms with van der Waals surface area (Å²) < 4.78 is 5.41. The highest BCUT2D eigenvalue weighted by Gasteiger charge is 2.44. The van der Waals surface area contributed by atoms with Gasteiger partial charge in [0.15, 0.2) is 5.58 Å². The standard InChI is InChI=1S/C33H33Cl2NO4S/c1-32(2,39)25-9-4-3-7-22(25)11-15-27(41-20-33(16-17-33)19-28(37)38)23-8-5-6-21(18-23)10-12-24-13-14-26-30(36-24)29(34)31(35)40-26/h3-10,12-14,18,27,39H,11,15-17,19-20H2,1-2H3,(H,37,38). The maximum atomic E-state index is 11.5. The molecule has 1 atom stereocenters. The molecule has 2 aromatic heterocycles. The molecule has 2 aromatic carbocycles. The Labute approximate surface area is 254 Å². The molecule has 2 heterocycles. The molecule has 1 fully saturated rings.